The van der Waals surface area contributed by atoms with Gasteiger partial charge in [0.25, 0.3) is 0 Å². The van der Waals surface area contributed by atoms with E-state index in [9.17, 15) is 9.50 Å². The van der Waals surface area contributed by atoms with Crippen LogP contribution in [0.2, 0.25) is 0 Å². The Hall–Kier alpha value is -3.71. The van der Waals surface area contributed by atoms with Crippen molar-refractivity contribution in [2.45, 2.75) is 30.0 Å². The normalized spacial score (nSPS) is 25.1. The molecule has 3 fully saturated rings. The lowest BCUT2D eigenvalue weighted by molar-refractivity contribution is -0.161. The van der Waals surface area contributed by atoms with Crippen LogP contribution >= 0.6 is 0 Å². The Kier molecular flexibility index (Phi) is 6.38. The highest BCUT2D eigenvalue weighted by atomic mass is 19.1. The number of nitrogens with two attached hydrogens (primary N) is 1. The number of nitrogens with one attached hydrogen (secondary N) is 1. The van der Waals surface area contributed by atoms with Crippen molar-refractivity contribution in [2.75, 3.05) is 51.5 Å². The van der Waals surface area contributed by atoms with Crippen molar-refractivity contribution in [2.24, 2.45) is 0 Å². The number of likely N-dealkylation sites (tertiary alicyclic amines) is 2. The molecule has 3 aliphatic rings. The van der Waals surface area contributed by atoms with Crippen molar-refractivity contribution in [3.05, 3.63) is 60.9 Å². The number of piperidine rings is 1. The van der Waals surface area contributed by atoms with Crippen molar-refractivity contribution in [1.29, 1.82) is 0 Å². The fraction of sp³-hybridized carbons (Fsp3) is 0.414. The van der Waals surface area contributed by atoms with Crippen LogP contribution < -0.4 is 15.8 Å². The number of halogens is 2. The van der Waals surface area contributed by atoms with Crippen LogP contribution in [0.4, 0.5) is 14.6 Å². The number of ether oxygens (including phenoxy) is 1. The Bertz CT molecular complexity index is 1540. The SMILES string of the molecule is Nc1ncnc2c1c(-c1ccc(Oc3ccccc3)cc1)nn2C1(O)CCN(C2CN(CC3(F)CNC3)C2)C[C@H]1F. The fourth-order valence-electron chi connectivity index (χ4n) is 6.04. The summed E-state index contributed by atoms with van der Waals surface area (Å²) < 4.78 is 37.5. The Labute approximate surface area is 235 Å². The quantitative estimate of drug-likeness (QED) is 0.312. The van der Waals surface area contributed by atoms with Gasteiger partial charge in [-0.1, -0.05) is 18.2 Å². The maximum Gasteiger partial charge on any atom is 0.194 e. The highest BCUT2D eigenvalue weighted by Crippen LogP contribution is 2.39. The molecule has 0 aliphatic carbocycles. The zero-order chi connectivity index (χ0) is 28.2. The minimum atomic E-state index is -1.91. The number of nitrogens with zero attached hydrogens (tertiary/aromatic N) is 6. The summed E-state index contributed by atoms with van der Waals surface area (Å²) in [6, 6.07) is 16.9. The third-order valence-electron chi connectivity index (χ3n) is 8.48. The number of anilines is 1. The summed E-state index contributed by atoms with van der Waals surface area (Å²) in [7, 11) is 0. The summed E-state index contributed by atoms with van der Waals surface area (Å²) in [4.78, 5) is 12.6. The maximum atomic E-state index is 15.9. The molecular formula is C29H32F2N8O2. The lowest BCUT2D eigenvalue weighted by Crippen LogP contribution is -2.69. The summed E-state index contributed by atoms with van der Waals surface area (Å²) >= 11 is 0. The molecule has 2 atom stereocenters. The Morgan fingerprint density at radius 3 is 2.44 bits per heavy atom. The number of para-hydroxylation sites is 1. The van der Waals surface area contributed by atoms with Crippen molar-refractivity contribution < 1.29 is 18.6 Å². The van der Waals surface area contributed by atoms with Crippen LogP contribution in [0.5, 0.6) is 11.5 Å². The van der Waals surface area contributed by atoms with E-state index in [0.29, 0.717) is 67.4 Å². The van der Waals surface area contributed by atoms with Crippen molar-refractivity contribution >= 4 is 16.9 Å². The third-order valence-corrected chi connectivity index (χ3v) is 8.48. The molecule has 7 rings (SSSR count). The third kappa shape index (κ3) is 4.70. The topological polar surface area (TPSA) is 118 Å². The second-order valence-corrected chi connectivity index (χ2v) is 11.4. The molecule has 4 aromatic rings. The predicted molar refractivity (Wildman–Crippen MR) is 150 cm³/mol. The molecule has 1 unspecified atom stereocenters. The van der Waals surface area contributed by atoms with Crippen LogP contribution in [0, 0.1) is 0 Å². The van der Waals surface area contributed by atoms with Crippen LogP contribution in [-0.4, -0.2) is 98.4 Å². The van der Waals surface area contributed by atoms with Gasteiger partial charge >= 0.3 is 0 Å². The molecule has 3 aliphatic heterocycles. The molecule has 2 aromatic heterocycles. The van der Waals surface area contributed by atoms with Gasteiger partial charge in [-0.2, -0.15) is 5.10 Å². The molecule has 0 amide bonds. The lowest BCUT2D eigenvalue weighted by Gasteiger charge is -2.52. The number of aromatic nitrogens is 4. The molecule has 4 N–H and O–H groups in total. The minimum absolute atomic E-state index is 0.0418. The van der Waals surface area contributed by atoms with E-state index >= 15 is 4.39 Å². The number of aliphatic hydroxyl groups is 1. The minimum Gasteiger partial charge on any atom is -0.457 e. The summed E-state index contributed by atoms with van der Waals surface area (Å²) in [5.41, 5.74) is 4.62. The van der Waals surface area contributed by atoms with Gasteiger partial charge in [0.05, 0.1) is 5.39 Å². The summed E-state index contributed by atoms with van der Waals surface area (Å²) in [6.07, 6.45) is -0.214. The van der Waals surface area contributed by atoms with E-state index in [0.717, 1.165) is 0 Å². The number of hydrogen-bond acceptors (Lipinski definition) is 9. The first-order valence-electron chi connectivity index (χ1n) is 13.9. The number of hydrogen-bond donors (Lipinski definition) is 3. The number of fused-ring (bicyclic) bond motifs is 1. The van der Waals surface area contributed by atoms with Crippen LogP contribution in [0.1, 0.15) is 6.42 Å². The van der Waals surface area contributed by atoms with E-state index in [1.54, 1.807) is 0 Å². The van der Waals surface area contributed by atoms with Crippen LogP contribution in [0.3, 0.4) is 0 Å². The highest BCUT2D eigenvalue weighted by Gasteiger charge is 2.49. The number of alkyl halides is 2. The van der Waals surface area contributed by atoms with Crippen LogP contribution in [0.25, 0.3) is 22.3 Å². The monoisotopic (exact) mass is 562 g/mol. The van der Waals surface area contributed by atoms with Gasteiger partial charge in [-0.3, -0.25) is 9.80 Å². The smallest absolute Gasteiger partial charge is 0.194 e. The molecule has 0 spiro atoms. The molecule has 0 radical (unpaired) electrons. The highest BCUT2D eigenvalue weighted by molar-refractivity contribution is 5.98. The second kappa shape index (κ2) is 9.98. The maximum absolute atomic E-state index is 15.9. The molecule has 0 bridgehead atoms. The van der Waals surface area contributed by atoms with Gasteiger partial charge in [-0.25, -0.2) is 23.4 Å². The van der Waals surface area contributed by atoms with E-state index in [1.807, 2.05) is 59.5 Å². The largest absolute Gasteiger partial charge is 0.457 e. The van der Waals surface area contributed by atoms with Gasteiger partial charge in [-0.05, 0) is 36.4 Å². The van der Waals surface area contributed by atoms with Gasteiger partial charge in [0, 0.05) is 63.8 Å². The first-order valence-corrected chi connectivity index (χ1v) is 13.9. The average Bonchev–Trinajstić information content (AvgIpc) is 3.34. The first-order chi connectivity index (χ1) is 19.8. The summed E-state index contributed by atoms with van der Waals surface area (Å²) in [6.45, 7) is 3.07. The molecule has 5 heterocycles. The molecule has 2 aromatic carbocycles. The lowest BCUT2D eigenvalue weighted by atomic mass is 9.93. The number of nitrogen functional groups attached to an aromatic ring is 1. The summed E-state index contributed by atoms with van der Waals surface area (Å²) in [5, 5.41) is 19.8. The fourth-order valence-corrected chi connectivity index (χ4v) is 6.04. The molecule has 0 saturated carbocycles. The van der Waals surface area contributed by atoms with E-state index in [1.165, 1.54) is 11.0 Å². The molecule has 214 valence electrons. The Morgan fingerprint density at radius 1 is 1.02 bits per heavy atom. The van der Waals surface area contributed by atoms with Crippen LogP contribution in [-0.2, 0) is 5.72 Å². The number of benzene rings is 2. The first kappa shape index (κ1) is 26.2. The Balaban J connectivity index is 1.11. The van der Waals surface area contributed by atoms with E-state index in [4.69, 9.17) is 10.5 Å². The van der Waals surface area contributed by atoms with Crippen molar-refractivity contribution in [3.63, 3.8) is 0 Å². The van der Waals surface area contributed by atoms with E-state index < -0.39 is 17.6 Å². The van der Waals surface area contributed by atoms with Gasteiger partial charge in [0.2, 0.25) is 0 Å². The Morgan fingerprint density at radius 2 is 1.76 bits per heavy atom. The summed E-state index contributed by atoms with van der Waals surface area (Å²) in [5.74, 6) is 1.55. The van der Waals surface area contributed by atoms with Gasteiger partial charge < -0.3 is 20.9 Å². The van der Waals surface area contributed by atoms with Gasteiger partial charge in [-0.15, -0.1) is 0 Å². The van der Waals surface area contributed by atoms with E-state index in [-0.39, 0.29) is 30.5 Å². The zero-order valence-corrected chi connectivity index (χ0v) is 22.5. The molecule has 41 heavy (non-hydrogen) atoms. The number of rotatable bonds is 7. The molecule has 12 heteroatoms. The van der Waals surface area contributed by atoms with Gasteiger partial charge in [0.15, 0.2) is 17.5 Å². The molecular weight excluding hydrogens is 530 g/mol. The van der Waals surface area contributed by atoms with E-state index in [2.05, 4.69) is 25.3 Å². The second-order valence-electron chi connectivity index (χ2n) is 11.4. The van der Waals surface area contributed by atoms with Gasteiger partial charge in [0.1, 0.15) is 35.0 Å². The predicted octanol–water partition coefficient (Wildman–Crippen LogP) is 2.55. The average molecular weight is 563 g/mol. The molecule has 3 saturated heterocycles. The van der Waals surface area contributed by atoms with Crippen LogP contribution in [0.15, 0.2) is 60.9 Å². The van der Waals surface area contributed by atoms with Crippen molar-refractivity contribution in [3.8, 4) is 22.8 Å². The standard InChI is InChI=1S/C29H32F2N8O2/c30-23-14-38(20-12-37(13-20)17-28(31)15-33-16-28)11-10-29(23,40)39-27-24(26(32)34-18-35-27)25(36-39)19-6-8-22(9-7-19)41-21-4-2-1-3-5-21/h1-9,18,20,23,33,40H,10-17H2,(H2,32,34,35)/t23-,29?/m1/s1. The zero-order valence-electron chi connectivity index (χ0n) is 22.5. The molecule has 10 nitrogen and oxygen atoms in total. The van der Waals surface area contributed by atoms with Crippen molar-refractivity contribution in [1.82, 2.24) is 34.9 Å².